The first kappa shape index (κ1) is 15.0. The van der Waals surface area contributed by atoms with Crippen LogP contribution in [0.5, 0.6) is 0 Å². The highest BCUT2D eigenvalue weighted by Gasteiger charge is 2.34. The minimum Gasteiger partial charge on any atom is -0.335 e. The quantitative estimate of drug-likeness (QED) is 0.829. The molecule has 0 bridgehead atoms. The van der Waals surface area contributed by atoms with Crippen molar-refractivity contribution in [2.45, 2.75) is 52.4 Å². The molecule has 0 saturated heterocycles. The van der Waals surface area contributed by atoms with Gasteiger partial charge in [0, 0.05) is 18.0 Å². The van der Waals surface area contributed by atoms with Gasteiger partial charge >= 0.3 is 0 Å². The predicted molar refractivity (Wildman–Crippen MR) is 94.5 cm³/mol. The highest BCUT2D eigenvalue weighted by atomic mass is 32.2. The Labute approximate surface area is 132 Å². The summed E-state index contributed by atoms with van der Waals surface area (Å²) < 4.78 is 0. The van der Waals surface area contributed by atoms with Crippen LogP contribution in [0, 0.1) is 12.3 Å². The number of amidine groups is 1. The molecule has 0 unspecified atom stereocenters. The second-order valence-electron chi connectivity index (χ2n) is 6.56. The Morgan fingerprint density at radius 2 is 2.05 bits per heavy atom. The van der Waals surface area contributed by atoms with Crippen LogP contribution in [0.15, 0.2) is 23.2 Å². The van der Waals surface area contributed by atoms with E-state index in [0.29, 0.717) is 5.41 Å². The average molecular weight is 302 g/mol. The molecule has 1 aromatic rings. The molecular weight excluding hydrogens is 276 g/mol. The number of aryl methyl sites for hydroxylation is 2. The van der Waals surface area contributed by atoms with Crippen molar-refractivity contribution in [3.05, 3.63) is 29.3 Å². The van der Waals surface area contributed by atoms with Gasteiger partial charge in [-0.25, -0.2) is 0 Å². The van der Waals surface area contributed by atoms with Crippen molar-refractivity contribution in [2.24, 2.45) is 10.4 Å². The van der Waals surface area contributed by atoms with Crippen LogP contribution in [0.25, 0.3) is 0 Å². The largest absolute Gasteiger partial charge is 0.335 e. The van der Waals surface area contributed by atoms with E-state index in [9.17, 15) is 0 Å². The van der Waals surface area contributed by atoms with E-state index in [1.54, 1.807) is 0 Å². The molecule has 0 radical (unpaired) electrons. The highest BCUT2D eigenvalue weighted by molar-refractivity contribution is 8.14. The fourth-order valence-corrected chi connectivity index (χ4v) is 4.69. The van der Waals surface area contributed by atoms with E-state index in [4.69, 9.17) is 4.99 Å². The third-order valence-corrected chi connectivity index (χ3v) is 6.22. The molecule has 0 aromatic heterocycles. The molecule has 1 aromatic carbocycles. The number of benzene rings is 1. The maximum Gasteiger partial charge on any atom is 0.161 e. The Balaban J connectivity index is 1.72. The summed E-state index contributed by atoms with van der Waals surface area (Å²) in [4.78, 5) is 4.89. The lowest BCUT2D eigenvalue weighted by Gasteiger charge is -2.38. The van der Waals surface area contributed by atoms with Gasteiger partial charge in [-0.1, -0.05) is 56.1 Å². The van der Waals surface area contributed by atoms with Gasteiger partial charge in [-0.2, -0.15) is 0 Å². The molecule has 0 amide bonds. The molecule has 2 nitrogen and oxygen atoms in total. The van der Waals surface area contributed by atoms with Gasteiger partial charge in [-0.05, 0) is 42.7 Å². The first-order valence-corrected chi connectivity index (χ1v) is 9.24. The Bertz CT molecular complexity index is 530. The number of aliphatic imine (C=N–C) groups is 1. The lowest BCUT2D eigenvalue weighted by molar-refractivity contribution is 0.232. The second kappa shape index (κ2) is 6.43. The minimum absolute atomic E-state index is 0.507. The van der Waals surface area contributed by atoms with Crippen molar-refractivity contribution in [1.82, 2.24) is 0 Å². The molecule has 3 rings (SSSR count). The molecule has 114 valence electrons. The van der Waals surface area contributed by atoms with Crippen LogP contribution in [0.4, 0.5) is 5.69 Å². The molecule has 1 N–H and O–H groups in total. The van der Waals surface area contributed by atoms with E-state index < -0.39 is 0 Å². The molecule has 0 atom stereocenters. The van der Waals surface area contributed by atoms with Crippen LogP contribution >= 0.6 is 11.8 Å². The smallest absolute Gasteiger partial charge is 0.161 e. The molecule has 1 aliphatic carbocycles. The second-order valence-corrected chi connectivity index (χ2v) is 7.52. The molecular formula is C18H26N2S. The van der Waals surface area contributed by atoms with Crippen LogP contribution in [0.1, 0.15) is 50.2 Å². The van der Waals surface area contributed by atoms with Crippen LogP contribution < -0.4 is 5.32 Å². The zero-order valence-corrected chi connectivity index (χ0v) is 14.1. The monoisotopic (exact) mass is 302 g/mol. The number of rotatable bonds is 2. The first-order valence-electron chi connectivity index (χ1n) is 8.25. The zero-order valence-electron chi connectivity index (χ0n) is 13.2. The van der Waals surface area contributed by atoms with Crippen LogP contribution in [0.2, 0.25) is 0 Å². The van der Waals surface area contributed by atoms with Crippen molar-refractivity contribution in [3.8, 4) is 0 Å². The molecule has 1 aliphatic heterocycles. The molecule has 1 saturated carbocycles. The predicted octanol–water partition coefficient (Wildman–Crippen LogP) is 5.02. The molecule has 1 fully saturated rings. The summed E-state index contributed by atoms with van der Waals surface area (Å²) >= 11 is 1.93. The van der Waals surface area contributed by atoms with E-state index in [1.165, 1.54) is 54.7 Å². The van der Waals surface area contributed by atoms with Gasteiger partial charge in [0.05, 0.1) is 0 Å². The fourth-order valence-electron chi connectivity index (χ4n) is 3.54. The highest BCUT2D eigenvalue weighted by Crippen LogP contribution is 2.42. The zero-order chi connectivity index (χ0) is 14.7. The van der Waals surface area contributed by atoms with Gasteiger partial charge in [-0.15, -0.1) is 0 Å². The Morgan fingerprint density at radius 3 is 2.71 bits per heavy atom. The third kappa shape index (κ3) is 3.28. The summed E-state index contributed by atoms with van der Waals surface area (Å²) in [5.74, 6) is 1.24. The summed E-state index contributed by atoms with van der Waals surface area (Å²) in [5, 5.41) is 4.72. The van der Waals surface area contributed by atoms with Crippen LogP contribution in [0.3, 0.4) is 0 Å². The average Bonchev–Trinajstić information content (AvgIpc) is 2.52. The molecule has 2 aliphatic rings. The van der Waals surface area contributed by atoms with E-state index in [1.807, 2.05) is 11.8 Å². The van der Waals surface area contributed by atoms with Crippen LogP contribution in [-0.2, 0) is 6.42 Å². The van der Waals surface area contributed by atoms with Crippen molar-refractivity contribution < 1.29 is 0 Å². The summed E-state index contributed by atoms with van der Waals surface area (Å²) in [5.41, 5.74) is 4.48. The summed E-state index contributed by atoms with van der Waals surface area (Å²) in [7, 11) is 0. The topological polar surface area (TPSA) is 24.4 Å². The Kier molecular flexibility index (Phi) is 4.58. The number of thioether (sulfide) groups is 1. The van der Waals surface area contributed by atoms with E-state index in [2.05, 4.69) is 37.4 Å². The maximum atomic E-state index is 4.89. The van der Waals surface area contributed by atoms with E-state index in [0.717, 1.165) is 18.1 Å². The number of nitrogens with one attached hydrogen (secondary N) is 1. The molecule has 21 heavy (non-hydrogen) atoms. The normalized spacial score (nSPS) is 21.1. The van der Waals surface area contributed by atoms with Crippen molar-refractivity contribution >= 4 is 22.6 Å². The number of nitrogens with zero attached hydrogens (tertiary/aromatic N) is 1. The number of hydrogen-bond donors (Lipinski definition) is 1. The van der Waals surface area contributed by atoms with Gasteiger partial charge in [-0.3, -0.25) is 4.99 Å². The van der Waals surface area contributed by atoms with Gasteiger partial charge in [0.2, 0.25) is 0 Å². The first-order chi connectivity index (χ1) is 10.2. The van der Waals surface area contributed by atoms with Crippen molar-refractivity contribution in [3.63, 3.8) is 0 Å². The standard InChI is InChI=1S/C18H26N2S/c1-3-15-9-7-8-14(2)16(15)20-17-19-12-18(13-21-17)10-5-4-6-11-18/h7-9H,3-6,10-13H2,1-2H3,(H,19,20). The maximum absolute atomic E-state index is 4.89. The SMILES string of the molecule is CCc1cccc(C)c1NC1=NCC2(CCCCC2)CS1. The summed E-state index contributed by atoms with van der Waals surface area (Å²) in [6.07, 6.45) is 8.03. The van der Waals surface area contributed by atoms with Crippen molar-refractivity contribution in [2.75, 3.05) is 17.6 Å². The summed E-state index contributed by atoms with van der Waals surface area (Å²) in [6.45, 7) is 5.42. The van der Waals surface area contributed by atoms with Gasteiger partial charge < -0.3 is 5.32 Å². The third-order valence-electron chi connectivity index (χ3n) is 4.96. The minimum atomic E-state index is 0.507. The van der Waals surface area contributed by atoms with Gasteiger partial charge in [0.1, 0.15) is 0 Å². The number of para-hydroxylation sites is 1. The van der Waals surface area contributed by atoms with E-state index >= 15 is 0 Å². The van der Waals surface area contributed by atoms with E-state index in [-0.39, 0.29) is 0 Å². The lowest BCUT2D eigenvalue weighted by atomic mass is 9.75. The molecule has 3 heteroatoms. The van der Waals surface area contributed by atoms with Gasteiger partial charge in [0.15, 0.2) is 5.17 Å². The number of anilines is 1. The van der Waals surface area contributed by atoms with Crippen LogP contribution in [-0.4, -0.2) is 17.5 Å². The Morgan fingerprint density at radius 1 is 1.24 bits per heavy atom. The summed E-state index contributed by atoms with van der Waals surface area (Å²) in [6, 6.07) is 6.54. The van der Waals surface area contributed by atoms with Gasteiger partial charge in [0.25, 0.3) is 0 Å². The molecule has 1 spiro atoms. The Hall–Kier alpha value is -0.960. The van der Waals surface area contributed by atoms with Crippen molar-refractivity contribution in [1.29, 1.82) is 0 Å². The fraction of sp³-hybridized carbons (Fsp3) is 0.611. The molecule has 1 heterocycles. The number of hydrogen-bond acceptors (Lipinski definition) is 3. The lowest BCUT2D eigenvalue weighted by Crippen LogP contribution is -2.35.